The van der Waals surface area contributed by atoms with Crippen molar-refractivity contribution >= 4 is 5.78 Å². The van der Waals surface area contributed by atoms with E-state index in [9.17, 15) is 4.79 Å². The number of hydrogen-bond donors (Lipinski definition) is 0. The van der Waals surface area contributed by atoms with Gasteiger partial charge < -0.3 is 0 Å². The zero-order valence-corrected chi connectivity index (χ0v) is 16.5. The van der Waals surface area contributed by atoms with Gasteiger partial charge in [0.15, 0.2) is 0 Å². The van der Waals surface area contributed by atoms with E-state index < -0.39 is 0 Å². The van der Waals surface area contributed by atoms with Gasteiger partial charge in [-0.25, -0.2) is 0 Å². The topological polar surface area (TPSA) is 17.1 Å². The monoisotopic (exact) mass is 350 g/mol. The van der Waals surface area contributed by atoms with Crippen LogP contribution < -0.4 is 0 Å². The minimum absolute atomic E-state index is 0.447. The highest BCUT2D eigenvalue weighted by Gasteiger charge is 2.13. The van der Waals surface area contributed by atoms with Crippen molar-refractivity contribution in [3.05, 3.63) is 71.8 Å². The van der Waals surface area contributed by atoms with Crippen molar-refractivity contribution in [2.75, 3.05) is 0 Å². The minimum atomic E-state index is 0.447. The Morgan fingerprint density at radius 2 is 1.08 bits per heavy atom. The molecule has 2 aromatic carbocycles. The van der Waals surface area contributed by atoms with Crippen molar-refractivity contribution in [2.45, 2.75) is 65.2 Å². The standard InChI is InChI=1S/C25H34O/c1-3-21(19-23-11-7-5-8-12-23)15-17-25(26)18-16-22(4-2)20-24-13-9-6-10-14-24/h5-14,21-22H,3-4,15-20H2,1-2H3. The summed E-state index contributed by atoms with van der Waals surface area (Å²) in [6, 6.07) is 21.3. The van der Waals surface area contributed by atoms with E-state index in [1.165, 1.54) is 11.1 Å². The number of carbonyl (C=O) groups excluding carboxylic acids is 1. The molecule has 0 aromatic heterocycles. The van der Waals surface area contributed by atoms with Crippen LogP contribution in [0.5, 0.6) is 0 Å². The van der Waals surface area contributed by atoms with E-state index in [0.29, 0.717) is 17.6 Å². The lowest BCUT2D eigenvalue weighted by atomic mass is 9.89. The molecular weight excluding hydrogens is 316 g/mol. The molecule has 1 nitrogen and oxygen atoms in total. The van der Waals surface area contributed by atoms with Crippen LogP contribution in [0.3, 0.4) is 0 Å². The van der Waals surface area contributed by atoms with Crippen molar-refractivity contribution < 1.29 is 4.79 Å². The highest BCUT2D eigenvalue weighted by Crippen LogP contribution is 2.21. The number of carbonyl (C=O) groups is 1. The number of hydrogen-bond acceptors (Lipinski definition) is 1. The molecule has 0 bridgehead atoms. The van der Waals surface area contributed by atoms with E-state index in [0.717, 1.165) is 51.4 Å². The smallest absolute Gasteiger partial charge is 0.132 e. The normalized spacial score (nSPS) is 13.3. The quantitative estimate of drug-likeness (QED) is 0.418. The van der Waals surface area contributed by atoms with E-state index in [4.69, 9.17) is 0 Å². The summed E-state index contributed by atoms with van der Waals surface area (Å²) in [5, 5.41) is 0. The van der Waals surface area contributed by atoms with Crippen LogP contribution in [0.25, 0.3) is 0 Å². The molecule has 0 aliphatic heterocycles. The molecule has 0 amide bonds. The van der Waals surface area contributed by atoms with Gasteiger partial charge in [-0.05, 0) is 48.6 Å². The van der Waals surface area contributed by atoms with Crippen molar-refractivity contribution in [1.82, 2.24) is 0 Å². The van der Waals surface area contributed by atoms with Crippen LogP contribution in [0, 0.1) is 11.8 Å². The lowest BCUT2D eigenvalue weighted by Crippen LogP contribution is -2.10. The van der Waals surface area contributed by atoms with Gasteiger partial charge in [0.2, 0.25) is 0 Å². The Morgan fingerprint density at radius 3 is 1.42 bits per heavy atom. The maximum absolute atomic E-state index is 12.4. The molecule has 0 fully saturated rings. The van der Waals surface area contributed by atoms with Crippen molar-refractivity contribution in [3.63, 3.8) is 0 Å². The summed E-state index contributed by atoms with van der Waals surface area (Å²) >= 11 is 0. The second kappa shape index (κ2) is 11.7. The summed E-state index contributed by atoms with van der Waals surface area (Å²) in [5.74, 6) is 1.68. The van der Waals surface area contributed by atoms with Crippen LogP contribution in [-0.4, -0.2) is 5.78 Å². The number of Topliss-reactive ketones (excluding diaryl/α,β-unsaturated/α-hetero) is 1. The van der Waals surface area contributed by atoms with E-state index in [1.807, 2.05) is 0 Å². The van der Waals surface area contributed by atoms with Crippen LogP contribution in [0.15, 0.2) is 60.7 Å². The zero-order chi connectivity index (χ0) is 18.6. The number of benzene rings is 2. The largest absolute Gasteiger partial charge is 0.300 e. The Labute approximate surface area is 159 Å². The first-order chi connectivity index (χ1) is 12.7. The minimum Gasteiger partial charge on any atom is -0.300 e. The van der Waals surface area contributed by atoms with Crippen LogP contribution in [0.4, 0.5) is 0 Å². The fraction of sp³-hybridized carbons (Fsp3) is 0.480. The maximum Gasteiger partial charge on any atom is 0.132 e. The van der Waals surface area contributed by atoms with Gasteiger partial charge in [-0.1, -0.05) is 87.4 Å². The molecule has 2 rings (SSSR count). The molecule has 0 aliphatic carbocycles. The van der Waals surface area contributed by atoms with E-state index in [-0.39, 0.29) is 0 Å². The second-order valence-electron chi connectivity index (χ2n) is 7.54. The Morgan fingerprint density at radius 1 is 0.692 bits per heavy atom. The third-order valence-electron chi connectivity index (χ3n) is 5.55. The third kappa shape index (κ3) is 7.56. The van der Waals surface area contributed by atoms with Gasteiger partial charge >= 0.3 is 0 Å². The van der Waals surface area contributed by atoms with Crippen LogP contribution in [0.1, 0.15) is 63.5 Å². The van der Waals surface area contributed by atoms with Crippen LogP contribution in [-0.2, 0) is 17.6 Å². The van der Waals surface area contributed by atoms with Gasteiger partial charge in [-0.3, -0.25) is 4.79 Å². The summed E-state index contributed by atoms with van der Waals surface area (Å²) in [7, 11) is 0. The molecule has 0 heterocycles. The van der Waals surface area contributed by atoms with E-state index >= 15 is 0 Å². The Hall–Kier alpha value is -1.89. The Balaban J connectivity index is 1.71. The molecule has 2 atom stereocenters. The van der Waals surface area contributed by atoms with Crippen LogP contribution in [0.2, 0.25) is 0 Å². The summed E-state index contributed by atoms with van der Waals surface area (Å²) in [6.45, 7) is 4.48. The first-order valence-corrected chi connectivity index (χ1v) is 10.3. The molecule has 140 valence electrons. The Kier molecular flexibility index (Phi) is 9.17. The SMILES string of the molecule is CCC(CCC(=O)CCC(CC)Cc1ccccc1)Cc1ccccc1. The van der Waals surface area contributed by atoms with Crippen molar-refractivity contribution in [3.8, 4) is 0 Å². The second-order valence-corrected chi connectivity index (χ2v) is 7.54. The fourth-order valence-electron chi connectivity index (χ4n) is 3.65. The van der Waals surface area contributed by atoms with E-state index in [1.54, 1.807) is 0 Å². The predicted molar refractivity (Wildman–Crippen MR) is 111 cm³/mol. The molecule has 26 heavy (non-hydrogen) atoms. The Bertz CT molecular complexity index is 562. The molecule has 0 spiro atoms. The number of rotatable bonds is 12. The number of ketones is 1. The molecular formula is C25H34O. The van der Waals surface area contributed by atoms with E-state index in [2.05, 4.69) is 74.5 Å². The highest BCUT2D eigenvalue weighted by molar-refractivity contribution is 5.78. The molecule has 0 N–H and O–H groups in total. The molecule has 0 saturated carbocycles. The molecule has 0 saturated heterocycles. The first kappa shape index (κ1) is 20.4. The maximum atomic E-state index is 12.4. The van der Waals surface area contributed by atoms with Gasteiger partial charge in [0.1, 0.15) is 5.78 Å². The van der Waals surface area contributed by atoms with Gasteiger partial charge in [0.25, 0.3) is 0 Å². The third-order valence-corrected chi connectivity index (χ3v) is 5.55. The van der Waals surface area contributed by atoms with Gasteiger partial charge in [-0.2, -0.15) is 0 Å². The lowest BCUT2D eigenvalue weighted by molar-refractivity contribution is -0.119. The van der Waals surface area contributed by atoms with Crippen molar-refractivity contribution in [1.29, 1.82) is 0 Å². The molecule has 0 aliphatic rings. The van der Waals surface area contributed by atoms with Gasteiger partial charge in [-0.15, -0.1) is 0 Å². The van der Waals surface area contributed by atoms with Gasteiger partial charge in [0.05, 0.1) is 0 Å². The summed E-state index contributed by atoms with van der Waals surface area (Å²) in [4.78, 5) is 12.4. The average Bonchev–Trinajstić information content (AvgIpc) is 2.69. The van der Waals surface area contributed by atoms with Crippen LogP contribution >= 0.6 is 0 Å². The summed E-state index contributed by atoms with van der Waals surface area (Å²) in [6.07, 6.45) is 8.02. The first-order valence-electron chi connectivity index (χ1n) is 10.3. The van der Waals surface area contributed by atoms with Gasteiger partial charge in [0, 0.05) is 12.8 Å². The summed E-state index contributed by atoms with van der Waals surface area (Å²) in [5.41, 5.74) is 2.78. The predicted octanol–water partition coefficient (Wildman–Crippen LogP) is 6.65. The highest BCUT2D eigenvalue weighted by atomic mass is 16.1. The lowest BCUT2D eigenvalue weighted by Gasteiger charge is -2.16. The fourth-order valence-corrected chi connectivity index (χ4v) is 3.65. The molecule has 2 aromatic rings. The molecule has 1 heteroatoms. The molecule has 2 unspecified atom stereocenters. The average molecular weight is 351 g/mol. The summed E-state index contributed by atoms with van der Waals surface area (Å²) < 4.78 is 0. The molecule has 0 radical (unpaired) electrons. The van der Waals surface area contributed by atoms with Crippen molar-refractivity contribution in [2.24, 2.45) is 11.8 Å². The zero-order valence-electron chi connectivity index (χ0n) is 16.5.